The zero-order chi connectivity index (χ0) is 19.1. The molecule has 2 heterocycles. The van der Waals surface area contributed by atoms with E-state index in [1.807, 2.05) is 24.0 Å². The molecule has 1 aromatic carbocycles. The molecular formula is C21H28N2O3. The Morgan fingerprint density at radius 1 is 1.19 bits per heavy atom. The van der Waals surface area contributed by atoms with E-state index in [1.54, 1.807) is 14.2 Å². The average Bonchev–Trinajstić information content (AvgIpc) is 2.66. The van der Waals surface area contributed by atoms with Gasteiger partial charge in [0.05, 0.1) is 31.6 Å². The third-order valence-electron chi connectivity index (χ3n) is 6.21. The number of nitrogens with zero attached hydrogens (tertiary/aromatic N) is 2. The molecule has 1 aromatic rings. The summed E-state index contributed by atoms with van der Waals surface area (Å²) in [6.07, 6.45) is 2.79. The molecule has 0 saturated carbocycles. The Labute approximate surface area is 155 Å². The van der Waals surface area contributed by atoms with Crippen LogP contribution in [-0.2, 0) is 6.42 Å². The Morgan fingerprint density at radius 2 is 1.85 bits per heavy atom. The number of allylic oxidation sites excluding steroid dienone is 1. The summed E-state index contributed by atoms with van der Waals surface area (Å²) in [5.74, 6) is 1.33. The minimum absolute atomic E-state index is 0.354. The molecule has 0 spiro atoms. The molecule has 0 aliphatic carbocycles. The monoisotopic (exact) mass is 356 g/mol. The van der Waals surface area contributed by atoms with E-state index < -0.39 is 5.72 Å². The molecule has 5 nitrogen and oxygen atoms in total. The summed E-state index contributed by atoms with van der Waals surface area (Å²) >= 11 is 0. The first-order valence-corrected chi connectivity index (χ1v) is 9.27. The van der Waals surface area contributed by atoms with Crippen molar-refractivity contribution in [2.24, 2.45) is 5.41 Å². The fourth-order valence-electron chi connectivity index (χ4n) is 4.42. The van der Waals surface area contributed by atoms with Crippen molar-refractivity contribution in [3.8, 4) is 17.6 Å². The van der Waals surface area contributed by atoms with Crippen LogP contribution in [0.3, 0.4) is 0 Å². The van der Waals surface area contributed by atoms with Crippen molar-refractivity contribution >= 4 is 5.70 Å². The van der Waals surface area contributed by atoms with Crippen LogP contribution in [0.15, 0.2) is 17.7 Å². The van der Waals surface area contributed by atoms with Gasteiger partial charge < -0.3 is 19.5 Å². The van der Waals surface area contributed by atoms with Gasteiger partial charge in [0.2, 0.25) is 0 Å². The number of rotatable bonds is 4. The molecule has 0 fully saturated rings. The third kappa shape index (κ3) is 2.55. The van der Waals surface area contributed by atoms with E-state index in [0.717, 1.165) is 35.2 Å². The summed E-state index contributed by atoms with van der Waals surface area (Å²) in [7, 11) is 3.24. The number of benzene rings is 1. The molecule has 1 N–H and O–H groups in total. The Kier molecular flexibility index (Phi) is 4.66. The molecule has 26 heavy (non-hydrogen) atoms. The van der Waals surface area contributed by atoms with Gasteiger partial charge in [-0.15, -0.1) is 0 Å². The van der Waals surface area contributed by atoms with Crippen molar-refractivity contribution in [3.63, 3.8) is 0 Å². The number of aliphatic hydroxyl groups is 1. The Bertz CT molecular complexity index is 795. The molecule has 0 aromatic heterocycles. The molecular weight excluding hydrogens is 328 g/mol. The Balaban J connectivity index is 2.32. The van der Waals surface area contributed by atoms with Crippen molar-refractivity contribution in [1.29, 1.82) is 5.26 Å². The summed E-state index contributed by atoms with van der Waals surface area (Å²) < 4.78 is 10.9. The van der Waals surface area contributed by atoms with Gasteiger partial charge in [0, 0.05) is 23.9 Å². The van der Waals surface area contributed by atoms with Gasteiger partial charge in [0.1, 0.15) is 5.72 Å². The zero-order valence-electron chi connectivity index (χ0n) is 16.3. The highest BCUT2D eigenvalue weighted by Gasteiger charge is 2.50. The van der Waals surface area contributed by atoms with Gasteiger partial charge in [0.25, 0.3) is 0 Å². The van der Waals surface area contributed by atoms with Gasteiger partial charge >= 0.3 is 0 Å². The second-order valence-corrected chi connectivity index (χ2v) is 7.53. The second-order valence-electron chi connectivity index (χ2n) is 7.53. The van der Waals surface area contributed by atoms with E-state index in [2.05, 4.69) is 19.9 Å². The van der Waals surface area contributed by atoms with E-state index in [0.29, 0.717) is 30.9 Å². The highest BCUT2D eigenvalue weighted by Crippen LogP contribution is 2.53. The van der Waals surface area contributed by atoms with Crippen LogP contribution in [0.5, 0.6) is 11.5 Å². The van der Waals surface area contributed by atoms with Crippen molar-refractivity contribution in [2.45, 2.75) is 52.2 Å². The maximum Gasteiger partial charge on any atom is 0.161 e. The van der Waals surface area contributed by atoms with E-state index >= 15 is 0 Å². The smallest absolute Gasteiger partial charge is 0.161 e. The summed E-state index contributed by atoms with van der Waals surface area (Å²) in [6, 6.07) is 6.41. The predicted molar refractivity (Wildman–Crippen MR) is 101 cm³/mol. The number of nitriles is 1. The lowest BCUT2D eigenvalue weighted by Gasteiger charge is -2.53. The Morgan fingerprint density at radius 3 is 2.38 bits per heavy atom. The first-order valence-electron chi connectivity index (χ1n) is 9.27. The largest absolute Gasteiger partial charge is 0.493 e. The van der Waals surface area contributed by atoms with Crippen LogP contribution in [0, 0.1) is 16.7 Å². The molecule has 0 bridgehead atoms. The van der Waals surface area contributed by atoms with Crippen LogP contribution in [0.1, 0.15) is 51.2 Å². The normalized spacial score (nSPS) is 27.5. The molecule has 140 valence electrons. The molecule has 0 amide bonds. The number of hydrogen-bond donors (Lipinski definition) is 1. The van der Waals surface area contributed by atoms with Crippen LogP contribution in [0.25, 0.3) is 5.70 Å². The summed E-state index contributed by atoms with van der Waals surface area (Å²) in [5, 5.41) is 21.5. The topological polar surface area (TPSA) is 65.7 Å². The molecule has 0 radical (unpaired) electrons. The quantitative estimate of drug-likeness (QED) is 0.891. The molecule has 5 heteroatoms. The van der Waals surface area contributed by atoms with Crippen LogP contribution in [0.2, 0.25) is 0 Å². The minimum Gasteiger partial charge on any atom is -0.493 e. The van der Waals surface area contributed by atoms with Gasteiger partial charge in [-0.05, 0) is 37.0 Å². The zero-order valence-corrected chi connectivity index (χ0v) is 16.3. The molecule has 2 aliphatic heterocycles. The maximum atomic E-state index is 11.4. The average molecular weight is 356 g/mol. The standard InChI is InChI=1S/C21H28N2O3/c1-6-20(3)13-21(24,7-2)23-9-8-14-10-17(25-4)18(26-5)11-15(14)19(23)16(20)12-22/h10-11,24H,6-9,13H2,1-5H3. The lowest BCUT2D eigenvalue weighted by molar-refractivity contribution is -0.114. The van der Waals surface area contributed by atoms with Gasteiger partial charge in [-0.3, -0.25) is 0 Å². The molecule has 2 unspecified atom stereocenters. The maximum absolute atomic E-state index is 11.4. The lowest BCUT2D eigenvalue weighted by atomic mass is 9.67. The Hall–Kier alpha value is -2.19. The van der Waals surface area contributed by atoms with Crippen LogP contribution < -0.4 is 9.47 Å². The fourth-order valence-corrected chi connectivity index (χ4v) is 4.42. The molecule has 3 rings (SSSR count). The van der Waals surface area contributed by atoms with Crippen LogP contribution in [-0.4, -0.2) is 36.5 Å². The number of methoxy groups -OCH3 is 2. The first-order chi connectivity index (χ1) is 12.4. The fraction of sp³-hybridized carbons (Fsp3) is 0.571. The lowest BCUT2D eigenvalue weighted by Crippen LogP contribution is -2.56. The first kappa shape index (κ1) is 18.6. The van der Waals surface area contributed by atoms with Crippen molar-refractivity contribution < 1.29 is 14.6 Å². The predicted octanol–water partition coefficient (Wildman–Crippen LogP) is 3.72. The van der Waals surface area contributed by atoms with Crippen LogP contribution in [0.4, 0.5) is 0 Å². The second kappa shape index (κ2) is 6.51. The van der Waals surface area contributed by atoms with Crippen molar-refractivity contribution in [1.82, 2.24) is 4.90 Å². The SMILES string of the molecule is CCC1(C)CC(O)(CC)N2CCc3cc(OC)c(OC)cc3C2=C1C#N. The van der Waals surface area contributed by atoms with E-state index in [1.165, 1.54) is 0 Å². The van der Waals surface area contributed by atoms with Crippen LogP contribution >= 0.6 is 0 Å². The van der Waals surface area contributed by atoms with Gasteiger partial charge in [-0.2, -0.15) is 5.26 Å². The van der Waals surface area contributed by atoms with Gasteiger partial charge in [-0.25, -0.2) is 0 Å². The molecule has 0 saturated heterocycles. The van der Waals surface area contributed by atoms with Gasteiger partial charge in [0.15, 0.2) is 11.5 Å². The minimum atomic E-state index is -0.939. The molecule has 2 aliphatic rings. The van der Waals surface area contributed by atoms with E-state index in [4.69, 9.17) is 9.47 Å². The van der Waals surface area contributed by atoms with E-state index in [9.17, 15) is 10.4 Å². The summed E-state index contributed by atoms with van der Waals surface area (Å²) in [4.78, 5) is 2.04. The van der Waals surface area contributed by atoms with Crippen molar-refractivity contribution in [2.75, 3.05) is 20.8 Å². The highest BCUT2D eigenvalue weighted by atomic mass is 16.5. The van der Waals surface area contributed by atoms with E-state index in [-0.39, 0.29) is 5.41 Å². The molecule has 2 atom stereocenters. The number of ether oxygens (including phenoxy) is 2. The number of hydrogen-bond acceptors (Lipinski definition) is 5. The van der Waals surface area contributed by atoms with Crippen molar-refractivity contribution in [3.05, 3.63) is 28.8 Å². The summed E-state index contributed by atoms with van der Waals surface area (Å²) in [5.41, 5.74) is 2.41. The number of fused-ring (bicyclic) bond motifs is 3. The summed E-state index contributed by atoms with van der Waals surface area (Å²) in [6.45, 7) is 6.87. The third-order valence-corrected chi connectivity index (χ3v) is 6.21. The highest BCUT2D eigenvalue weighted by molar-refractivity contribution is 5.78. The van der Waals surface area contributed by atoms with Gasteiger partial charge in [-0.1, -0.05) is 20.8 Å².